The van der Waals surface area contributed by atoms with Crippen molar-refractivity contribution >= 4 is 0 Å². The zero-order chi connectivity index (χ0) is 4.12. The molecule has 30 valence electrons. The predicted octanol–water partition coefficient (Wildman–Crippen LogP) is 0.937. The molecule has 0 spiro atoms. The van der Waals surface area contributed by atoms with Gasteiger partial charge in [0, 0.05) is 0 Å². The zero-order valence-electron chi connectivity index (χ0n) is 2.73. The topological polar surface area (TPSA) is 0 Å². The molecule has 0 saturated carbocycles. The van der Waals surface area contributed by atoms with Crippen molar-refractivity contribution in [3.8, 4) is 6.31 Å². The summed E-state index contributed by atoms with van der Waals surface area (Å²) in [6.07, 6.45) is 0. The summed E-state index contributed by atoms with van der Waals surface area (Å²) in [4.78, 5) is 0. The molecule has 0 radical (unpaired) electrons. The van der Waals surface area contributed by atoms with Crippen molar-refractivity contribution in [1.29, 1.82) is 0 Å². The number of halogens is 1. The third kappa shape index (κ3) is 5.06. The summed E-state index contributed by atoms with van der Waals surface area (Å²) in [5, 5.41) is 0. The fourth-order valence-corrected chi connectivity index (χ4v) is 0.224. The Morgan fingerprint density at radius 3 is 2.40 bits per heavy atom. The average molecular weight is 189 g/mol. The molecule has 0 aliphatic carbocycles. The second kappa shape index (κ2) is 5.06. The molecule has 0 amide bonds. The standard InChI is InChI=1S/C3H3FXe/c1-2-3-5-4/h1H3. The van der Waals surface area contributed by atoms with Crippen molar-refractivity contribution in [1.82, 2.24) is 0 Å². The van der Waals surface area contributed by atoms with Gasteiger partial charge in [-0.1, -0.05) is 0 Å². The van der Waals surface area contributed by atoms with Crippen molar-refractivity contribution in [2.45, 2.75) is 6.92 Å². The van der Waals surface area contributed by atoms with Gasteiger partial charge >= 0.3 is 58.4 Å². The third-order valence-corrected chi connectivity index (χ3v) is 0.817. The van der Waals surface area contributed by atoms with E-state index in [1.54, 1.807) is 6.92 Å². The molecule has 0 saturated heterocycles. The van der Waals surface area contributed by atoms with Crippen LogP contribution >= 0.6 is 0 Å². The van der Waals surface area contributed by atoms with Gasteiger partial charge < -0.3 is 0 Å². The Morgan fingerprint density at radius 1 is 1.80 bits per heavy atom. The van der Waals surface area contributed by atoms with Crippen LogP contribution in [0, 0.1) is 51.4 Å². The first-order valence-electron chi connectivity index (χ1n) is 1.06. The van der Waals surface area contributed by atoms with Crippen LogP contribution in [-0.2, 0) is 0 Å². The van der Waals surface area contributed by atoms with Crippen LogP contribution in [0.4, 0.5) is 0.0835 Å². The first-order chi connectivity index (χ1) is 2.41. The summed E-state index contributed by atoms with van der Waals surface area (Å²) < 4.78 is 13.2. The molecular weight excluding hydrogens is 186 g/mol. The van der Waals surface area contributed by atoms with Gasteiger partial charge in [-0.05, 0) is 0 Å². The summed E-state index contributed by atoms with van der Waals surface area (Å²) in [5.74, 6) is 2.43. The van der Waals surface area contributed by atoms with E-state index in [9.17, 15) is 0.0835 Å². The molecule has 0 aromatic carbocycles. The van der Waals surface area contributed by atoms with Crippen LogP contribution in [0.1, 0.15) is 6.92 Å². The van der Waals surface area contributed by atoms with E-state index >= 15 is 0 Å². The fourth-order valence-electron chi connectivity index (χ4n) is 0.0334. The van der Waals surface area contributed by atoms with E-state index in [2.05, 4.69) is 6.31 Å². The first-order valence-corrected chi connectivity index (χ1v) is 2.83. The molecule has 5 heavy (non-hydrogen) atoms. The van der Waals surface area contributed by atoms with Crippen molar-refractivity contribution in [3.05, 3.63) is 0 Å². The third-order valence-electron chi connectivity index (χ3n) is 0.122. The molecule has 0 aromatic heterocycles. The van der Waals surface area contributed by atoms with Gasteiger partial charge in [-0.25, -0.2) is 0 Å². The van der Waals surface area contributed by atoms with Crippen LogP contribution in [0.25, 0.3) is 0 Å². The average Bonchev–Trinajstić information content (AvgIpc) is 1.41. The van der Waals surface area contributed by atoms with Crippen molar-refractivity contribution in [2.75, 3.05) is 0 Å². The fraction of sp³-hybridized carbons (Fsp3) is 0.333. The molecule has 0 fully saturated rings. The monoisotopic (exact) mass is 190 g/mol. The molecule has 0 aromatic rings. The number of hydrogen-bond donors (Lipinski definition) is 0. The van der Waals surface area contributed by atoms with E-state index in [0.717, 1.165) is 0 Å². The maximum atomic E-state index is 10.9. The Morgan fingerprint density at radius 2 is 2.40 bits per heavy atom. The van der Waals surface area contributed by atoms with Crippen LogP contribution in [0.15, 0.2) is 0 Å². The number of hydrogen-bond acceptors (Lipinski definition) is 0. The maximum absolute atomic E-state index is 10.9. The van der Waals surface area contributed by atoms with Gasteiger partial charge in [0.1, 0.15) is 0 Å². The van der Waals surface area contributed by atoms with E-state index in [0.29, 0.717) is 0 Å². The van der Waals surface area contributed by atoms with Gasteiger partial charge in [-0.2, -0.15) is 0 Å². The summed E-state index contributed by atoms with van der Waals surface area (Å²) in [6.45, 7) is 1.63. The van der Waals surface area contributed by atoms with Gasteiger partial charge in [0.25, 0.3) is 0 Å². The quantitative estimate of drug-likeness (QED) is 0.498. The zero-order valence-corrected chi connectivity index (χ0v) is 4.75. The second-order valence-electron chi connectivity index (χ2n) is 0.405. The molecule has 0 N–H and O–H groups in total. The molecule has 0 unspecified atom stereocenters. The predicted molar refractivity (Wildman–Crippen MR) is 14.6 cm³/mol. The minimum atomic E-state index is -1.12. The van der Waals surface area contributed by atoms with Crippen molar-refractivity contribution < 1.29 is 45.2 Å². The Labute approximate surface area is 57.3 Å². The molecule has 0 aliphatic rings. The molecule has 0 heterocycles. The Hall–Kier alpha value is 1.06. The van der Waals surface area contributed by atoms with Crippen molar-refractivity contribution in [3.63, 3.8) is 0 Å². The van der Waals surface area contributed by atoms with Crippen LogP contribution in [0.5, 0.6) is 0 Å². The first kappa shape index (κ1) is 6.06. The van der Waals surface area contributed by atoms with Crippen molar-refractivity contribution in [2.24, 2.45) is 0 Å². The van der Waals surface area contributed by atoms with E-state index in [1.807, 2.05) is 0 Å². The van der Waals surface area contributed by atoms with Crippen LogP contribution < -0.4 is 0 Å². The molecule has 0 rings (SSSR count). The molecule has 0 atom stereocenters. The number of rotatable bonds is 0. The summed E-state index contributed by atoms with van der Waals surface area (Å²) in [7, 11) is 0. The van der Waals surface area contributed by atoms with E-state index < -0.39 is 45.1 Å². The van der Waals surface area contributed by atoms with Gasteiger partial charge in [0.2, 0.25) is 0 Å². The van der Waals surface area contributed by atoms with E-state index in [4.69, 9.17) is 0 Å². The van der Waals surface area contributed by atoms with Gasteiger partial charge in [-0.3, -0.25) is 0 Å². The van der Waals surface area contributed by atoms with Gasteiger partial charge in [-0.15, -0.1) is 0 Å². The molecule has 0 bridgehead atoms. The Bertz CT molecular complexity index is 59.0. The molecule has 2 heteroatoms. The summed E-state index contributed by atoms with van der Waals surface area (Å²) >= 11 is -1.12. The molecule has 0 aliphatic heterocycles. The van der Waals surface area contributed by atoms with E-state index in [1.165, 1.54) is 0 Å². The SMILES string of the molecule is CC#C[Xe]F. The van der Waals surface area contributed by atoms with Crippen LogP contribution in [-0.4, -0.2) is 0 Å². The minimum absolute atomic E-state index is 1.12. The normalized spacial score (nSPS) is 6.00. The molecule has 0 nitrogen and oxygen atoms in total. The van der Waals surface area contributed by atoms with Crippen LogP contribution in [0.2, 0.25) is 0 Å². The summed E-state index contributed by atoms with van der Waals surface area (Å²) in [5.41, 5.74) is 0. The van der Waals surface area contributed by atoms with Gasteiger partial charge in [0.05, 0.1) is 0 Å². The Kier molecular flexibility index (Phi) is 6.14. The van der Waals surface area contributed by atoms with E-state index in [-0.39, 0.29) is 0 Å². The Balaban J connectivity index is 2.81. The summed E-state index contributed by atoms with van der Waals surface area (Å²) in [6, 6.07) is 0. The molecular formula is C3H3FXe. The van der Waals surface area contributed by atoms with Crippen LogP contribution in [0.3, 0.4) is 0 Å². The van der Waals surface area contributed by atoms with Gasteiger partial charge in [0.15, 0.2) is 0 Å². The second-order valence-corrected chi connectivity index (χ2v) is 1.29.